The summed E-state index contributed by atoms with van der Waals surface area (Å²) >= 11 is 6.36. The normalized spacial score (nSPS) is 10.6. The first-order chi connectivity index (χ1) is 7.35. The minimum absolute atomic E-state index is 0.548. The van der Waals surface area contributed by atoms with Crippen LogP contribution in [0.5, 0.6) is 0 Å². The summed E-state index contributed by atoms with van der Waals surface area (Å²) in [6.07, 6.45) is 3.45. The highest BCUT2D eigenvalue weighted by Gasteiger charge is 2.30. The maximum absolute atomic E-state index is 11.0. The second-order valence-corrected chi connectivity index (χ2v) is 5.92. The summed E-state index contributed by atoms with van der Waals surface area (Å²) in [7, 11) is 0. The van der Waals surface area contributed by atoms with Gasteiger partial charge in [-0.05, 0) is 13.8 Å². The van der Waals surface area contributed by atoms with E-state index in [9.17, 15) is 4.79 Å². The first kappa shape index (κ1) is 15.2. The van der Waals surface area contributed by atoms with Crippen molar-refractivity contribution in [3.05, 3.63) is 25.3 Å². The van der Waals surface area contributed by atoms with Crippen molar-refractivity contribution in [1.82, 2.24) is 4.90 Å². The third kappa shape index (κ3) is 4.81. The quantitative estimate of drug-likeness (QED) is 0.586. The Balaban J connectivity index is 4.57. The van der Waals surface area contributed by atoms with Gasteiger partial charge in [0.1, 0.15) is 9.07 Å². The number of hydrogen-bond donors (Lipinski definition) is 1. The van der Waals surface area contributed by atoms with Gasteiger partial charge in [-0.2, -0.15) is 0 Å². The molecule has 90 valence electrons. The maximum atomic E-state index is 11.0. The third-order valence-corrected chi connectivity index (χ3v) is 3.44. The zero-order valence-corrected chi connectivity index (χ0v) is 11.2. The van der Waals surface area contributed by atoms with Crippen LogP contribution >= 0.6 is 24.0 Å². The molecule has 0 unspecified atom stereocenters. The number of hydrogen-bond acceptors (Lipinski definition) is 3. The lowest BCUT2D eigenvalue weighted by Crippen LogP contribution is -2.35. The molecule has 0 saturated carbocycles. The summed E-state index contributed by atoms with van der Waals surface area (Å²) in [6, 6.07) is 0. The van der Waals surface area contributed by atoms with Crippen molar-refractivity contribution in [3.8, 4) is 0 Å². The molecule has 0 amide bonds. The number of nitrogens with zero attached hydrogens (tertiary/aromatic N) is 1. The van der Waals surface area contributed by atoms with Gasteiger partial charge >= 0.3 is 5.97 Å². The number of carboxylic acid groups (broad SMARTS) is 1. The minimum Gasteiger partial charge on any atom is -0.480 e. The Labute approximate surface area is 106 Å². The Morgan fingerprint density at radius 2 is 1.88 bits per heavy atom. The van der Waals surface area contributed by atoms with Crippen LogP contribution in [0.2, 0.25) is 0 Å². The van der Waals surface area contributed by atoms with Crippen LogP contribution in [-0.4, -0.2) is 38.1 Å². The zero-order valence-electron chi connectivity index (χ0n) is 9.60. The van der Waals surface area contributed by atoms with Crippen LogP contribution in [0.3, 0.4) is 0 Å². The highest BCUT2D eigenvalue weighted by molar-refractivity contribution is 8.24. The van der Waals surface area contributed by atoms with Crippen LogP contribution in [-0.2, 0) is 4.79 Å². The molecule has 1 N–H and O–H groups in total. The summed E-state index contributed by atoms with van der Waals surface area (Å²) in [4.78, 5) is 12.8. The average molecular weight is 259 g/mol. The number of thiocarbonyl (C=S) groups is 1. The fraction of sp³-hybridized carbons (Fsp3) is 0.455. The zero-order chi connectivity index (χ0) is 12.8. The molecule has 16 heavy (non-hydrogen) atoms. The molecular formula is C11H17NO2S2. The fourth-order valence-electron chi connectivity index (χ4n) is 0.862. The van der Waals surface area contributed by atoms with Crippen molar-refractivity contribution >= 4 is 34.3 Å². The molecule has 0 rings (SSSR count). The van der Waals surface area contributed by atoms with Crippen LogP contribution < -0.4 is 0 Å². The van der Waals surface area contributed by atoms with Crippen LogP contribution in [0.25, 0.3) is 0 Å². The Morgan fingerprint density at radius 1 is 1.44 bits per heavy atom. The van der Waals surface area contributed by atoms with Gasteiger partial charge in [0, 0.05) is 13.1 Å². The molecule has 0 atom stereocenters. The molecule has 0 aliphatic heterocycles. The second-order valence-electron chi connectivity index (χ2n) is 3.67. The molecule has 0 aromatic heterocycles. The Kier molecular flexibility index (Phi) is 6.36. The molecule has 0 aliphatic rings. The van der Waals surface area contributed by atoms with Crippen LogP contribution in [0, 0.1) is 0 Å². The van der Waals surface area contributed by atoms with Gasteiger partial charge < -0.3 is 10.0 Å². The smallest absolute Gasteiger partial charge is 0.319 e. The molecular weight excluding hydrogens is 242 g/mol. The highest BCUT2D eigenvalue weighted by atomic mass is 32.2. The molecule has 0 fully saturated rings. The molecule has 0 radical (unpaired) electrons. The lowest BCUT2D eigenvalue weighted by molar-refractivity contribution is -0.138. The Bertz CT molecular complexity index is 290. The van der Waals surface area contributed by atoms with Crippen LogP contribution in [0.4, 0.5) is 0 Å². The van der Waals surface area contributed by atoms with E-state index in [0.29, 0.717) is 17.4 Å². The summed E-state index contributed by atoms with van der Waals surface area (Å²) in [5, 5.41) is 8.99. The van der Waals surface area contributed by atoms with Gasteiger partial charge in [0.15, 0.2) is 0 Å². The monoisotopic (exact) mass is 259 g/mol. The van der Waals surface area contributed by atoms with E-state index in [1.54, 1.807) is 26.0 Å². The van der Waals surface area contributed by atoms with Gasteiger partial charge in [0.05, 0.1) is 0 Å². The summed E-state index contributed by atoms with van der Waals surface area (Å²) in [5.41, 5.74) is 0. The van der Waals surface area contributed by atoms with Crippen molar-refractivity contribution in [3.63, 3.8) is 0 Å². The van der Waals surface area contributed by atoms with Crippen molar-refractivity contribution in [2.24, 2.45) is 0 Å². The molecule has 0 spiro atoms. The van der Waals surface area contributed by atoms with E-state index in [-0.39, 0.29) is 0 Å². The first-order valence-corrected chi connectivity index (χ1v) is 6.00. The minimum atomic E-state index is -0.919. The van der Waals surface area contributed by atoms with Crippen molar-refractivity contribution in [2.45, 2.75) is 18.6 Å². The number of carbonyl (C=O) groups is 1. The SMILES string of the molecule is C=CCN(CC=C)C(=S)SC(C)(C)C(=O)O. The van der Waals surface area contributed by atoms with E-state index < -0.39 is 10.7 Å². The second kappa shape index (κ2) is 6.70. The largest absolute Gasteiger partial charge is 0.480 e. The molecule has 0 aromatic rings. The fourth-order valence-corrected chi connectivity index (χ4v) is 2.44. The van der Waals surface area contributed by atoms with E-state index in [2.05, 4.69) is 13.2 Å². The lowest BCUT2D eigenvalue weighted by Gasteiger charge is -2.26. The summed E-state index contributed by atoms with van der Waals surface area (Å²) in [5.74, 6) is -0.878. The number of thioether (sulfide) groups is 1. The van der Waals surface area contributed by atoms with Gasteiger partial charge in [0.25, 0.3) is 0 Å². The molecule has 0 saturated heterocycles. The Morgan fingerprint density at radius 3 is 2.19 bits per heavy atom. The average Bonchev–Trinajstić information content (AvgIpc) is 2.16. The van der Waals surface area contributed by atoms with Gasteiger partial charge in [-0.15, -0.1) is 13.2 Å². The predicted molar refractivity (Wildman–Crippen MR) is 73.9 cm³/mol. The molecule has 0 bridgehead atoms. The Hall–Kier alpha value is -0.810. The third-order valence-electron chi connectivity index (χ3n) is 1.81. The highest BCUT2D eigenvalue weighted by Crippen LogP contribution is 2.27. The first-order valence-electron chi connectivity index (χ1n) is 4.78. The molecule has 5 heteroatoms. The van der Waals surface area contributed by atoms with Crippen LogP contribution in [0.1, 0.15) is 13.8 Å². The summed E-state index contributed by atoms with van der Waals surface area (Å²) in [6.45, 7) is 11.7. The van der Waals surface area contributed by atoms with E-state index in [0.717, 1.165) is 11.8 Å². The standard InChI is InChI=1S/C11H17NO2S2/c1-5-7-12(8-6-2)10(15)16-11(3,4)9(13)14/h5-6H,1-2,7-8H2,3-4H3,(H,13,14). The molecule has 0 heterocycles. The maximum Gasteiger partial charge on any atom is 0.319 e. The van der Waals surface area contributed by atoms with Gasteiger partial charge in [0.2, 0.25) is 0 Å². The lowest BCUT2D eigenvalue weighted by atomic mass is 10.2. The van der Waals surface area contributed by atoms with E-state index in [1.807, 2.05) is 4.90 Å². The van der Waals surface area contributed by atoms with Crippen LogP contribution in [0.15, 0.2) is 25.3 Å². The molecule has 3 nitrogen and oxygen atoms in total. The predicted octanol–water partition coefficient (Wildman–Crippen LogP) is 2.54. The van der Waals surface area contributed by atoms with E-state index in [1.165, 1.54) is 0 Å². The van der Waals surface area contributed by atoms with Crippen molar-refractivity contribution in [2.75, 3.05) is 13.1 Å². The number of rotatable bonds is 6. The van der Waals surface area contributed by atoms with Crippen molar-refractivity contribution in [1.29, 1.82) is 0 Å². The number of aliphatic carboxylic acids is 1. The topological polar surface area (TPSA) is 40.5 Å². The van der Waals surface area contributed by atoms with Gasteiger partial charge in [-0.25, -0.2) is 0 Å². The van der Waals surface area contributed by atoms with E-state index >= 15 is 0 Å². The molecule has 0 aliphatic carbocycles. The van der Waals surface area contributed by atoms with Gasteiger partial charge in [-0.3, -0.25) is 4.79 Å². The van der Waals surface area contributed by atoms with Crippen molar-refractivity contribution < 1.29 is 9.90 Å². The molecule has 0 aromatic carbocycles. The van der Waals surface area contributed by atoms with E-state index in [4.69, 9.17) is 17.3 Å². The summed E-state index contributed by atoms with van der Waals surface area (Å²) < 4.78 is -0.371. The van der Waals surface area contributed by atoms with Gasteiger partial charge in [-0.1, -0.05) is 36.1 Å². The number of carboxylic acids is 1.